The van der Waals surface area contributed by atoms with E-state index in [4.69, 9.17) is 5.73 Å². The van der Waals surface area contributed by atoms with Gasteiger partial charge in [0.2, 0.25) is 0 Å². The summed E-state index contributed by atoms with van der Waals surface area (Å²) in [5.41, 5.74) is 8.19. The molecule has 0 aromatic heterocycles. The van der Waals surface area contributed by atoms with Crippen molar-refractivity contribution in [2.24, 2.45) is 11.7 Å². The third-order valence-corrected chi connectivity index (χ3v) is 4.56. The van der Waals surface area contributed by atoms with Gasteiger partial charge in [0.15, 0.2) is 0 Å². The van der Waals surface area contributed by atoms with E-state index in [0.29, 0.717) is 5.92 Å². The Kier molecular flexibility index (Phi) is 4.30. The second kappa shape index (κ2) is 5.59. The van der Waals surface area contributed by atoms with Gasteiger partial charge in [-0.2, -0.15) is 0 Å². The van der Waals surface area contributed by atoms with Crippen molar-refractivity contribution in [3.05, 3.63) is 28.2 Å². The number of nitrogens with two attached hydrogens (primary N) is 1. The first kappa shape index (κ1) is 13.8. The van der Waals surface area contributed by atoms with Crippen molar-refractivity contribution in [2.45, 2.75) is 32.4 Å². The maximum absolute atomic E-state index is 9.51. The van der Waals surface area contributed by atoms with Crippen LogP contribution in [-0.4, -0.2) is 24.3 Å². The summed E-state index contributed by atoms with van der Waals surface area (Å²) >= 11 is 3.58. The zero-order valence-corrected chi connectivity index (χ0v) is 12.5. The Morgan fingerprint density at radius 2 is 2.28 bits per heavy atom. The lowest BCUT2D eigenvalue weighted by Gasteiger charge is -2.28. The SMILES string of the molecule is CC(N)c1ccc(N2CCC(C)C2CO)cc1Br. The first-order chi connectivity index (χ1) is 8.54. The van der Waals surface area contributed by atoms with Crippen LogP contribution >= 0.6 is 15.9 Å². The van der Waals surface area contributed by atoms with Gasteiger partial charge in [-0.25, -0.2) is 0 Å². The van der Waals surface area contributed by atoms with Crippen LogP contribution in [0.15, 0.2) is 22.7 Å². The Bertz CT molecular complexity index is 422. The van der Waals surface area contributed by atoms with E-state index < -0.39 is 0 Å². The second-order valence-corrected chi connectivity index (χ2v) is 6.06. The molecule has 1 fully saturated rings. The molecule has 1 heterocycles. The van der Waals surface area contributed by atoms with Crippen LogP contribution in [0.2, 0.25) is 0 Å². The van der Waals surface area contributed by atoms with Crippen LogP contribution in [0.3, 0.4) is 0 Å². The van der Waals surface area contributed by atoms with Gasteiger partial charge in [-0.15, -0.1) is 0 Å². The van der Waals surface area contributed by atoms with Crippen molar-refractivity contribution < 1.29 is 5.11 Å². The van der Waals surface area contributed by atoms with Crippen molar-refractivity contribution in [3.8, 4) is 0 Å². The van der Waals surface area contributed by atoms with E-state index in [2.05, 4.69) is 46.0 Å². The van der Waals surface area contributed by atoms with Gasteiger partial charge in [0, 0.05) is 22.7 Å². The van der Waals surface area contributed by atoms with E-state index in [0.717, 1.165) is 28.7 Å². The number of hydrogen-bond acceptors (Lipinski definition) is 3. The van der Waals surface area contributed by atoms with Crippen LogP contribution in [0.25, 0.3) is 0 Å². The molecule has 3 atom stereocenters. The Morgan fingerprint density at radius 1 is 1.56 bits per heavy atom. The summed E-state index contributed by atoms with van der Waals surface area (Å²) < 4.78 is 1.05. The summed E-state index contributed by atoms with van der Waals surface area (Å²) in [7, 11) is 0. The molecule has 1 aliphatic rings. The van der Waals surface area contributed by atoms with Gasteiger partial charge >= 0.3 is 0 Å². The van der Waals surface area contributed by atoms with Crippen molar-refractivity contribution in [1.29, 1.82) is 0 Å². The van der Waals surface area contributed by atoms with E-state index in [1.807, 2.05) is 6.92 Å². The van der Waals surface area contributed by atoms with E-state index in [1.165, 1.54) is 0 Å². The zero-order chi connectivity index (χ0) is 13.3. The topological polar surface area (TPSA) is 49.5 Å². The molecule has 2 rings (SSSR count). The first-order valence-corrected chi connectivity index (χ1v) is 7.26. The molecule has 0 radical (unpaired) electrons. The Labute approximate surface area is 117 Å². The Balaban J connectivity index is 2.27. The lowest BCUT2D eigenvalue weighted by atomic mass is 10.0. The molecule has 1 aromatic carbocycles. The molecular formula is C14H21BrN2O. The average molecular weight is 313 g/mol. The van der Waals surface area contributed by atoms with E-state index in [-0.39, 0.29) is 18.7 Å². The van der Waals surface area contributed by atoms with E-state index in [9.17, 15) is 5.11 Å². The predicted octanol–water partition coefficient (Wildman–Crippen LogP) is 2.68. The van der Waals surface area contributed by atoms with Crippen molar-refractivity contribution in [1.82, 2.24) is 0 Å². The monoisotopic (exact) mass is 312 g/mol. The van der Waals surface area contributed by atoms with Crippen LogP contribution in [0.1, 0.15) is 31.9 Å². The lowest BCUT2D eigenvalue weighted by Crippen LogP contribution is -2.35. The highest BCUT2D eigenvalue weighted by Gasteiger charge is 2.30. The number of benzene rings is 1. The fraction of sp³-hybridized carbons (Fsp3) is 0.571. The molecule has 0 spiro atoms. The summed E-state index contributed by atoms with van der Waals surface area (Å²) in [6.07, 6.45) is 1.14. The van der Waals surface area contributed by atoms with Gasteiger partial charge in [0.25, 0.3) is 0 Å². The smallest absolute Gasteiger partial charge is 0.0637 e. The molecule has 0 bridgehead atoms. The normalized spacial score (nSPS) is 25.5. The minimum Gasteiger partial charge on any atom is -0.394 e. The van der Waals surface area contributed by atoms with Crippen molar-refractivity contribution in [2.75, 3.05) is 18.1 Å². The predicted molar refractivity (Wildman–Crippen MR) is 78.7 cm³/mol. The van der Waals surface area contributed by atoms with Crippen LogP contribution in [0.4, 0.5) is 5.69 Å². The fourth-order valence-corrected chi connectivity index (χ4v) is 3.40. The molecule has 1 saturated heterocycles. The number of halogens is 1. The molecule has 0 saturated carbocycles. The van der Waals surface area contributed by atoms with Crippen molar-refractivity contribution >= 4 is 21.6 Å². The number of aliphatic hydroxyl groups is 1. The fourth-order valence-electron chi connectivity index (χ4n) is 2.67. The number of hydrogen-bond donors (Lipinski definition) is 2. The van der Waals surface area contributed by atoms with Gasteiger partial charge in [-0.1, -0.05) is 28.9 Å². The van der Waals surface area contributed by atoms with Gasteiger partial charge in [0.1, 0.15) is 0 Å². The largest absolute Gasteiger partial charge is 0.394 e. The average Bonchev–Trinajstić information content (AvgIpc) is 2.69. The standard InChI is InChI=1S/C14H21BrN2O/c1-9-5-6-17(14(9)8-18)11-3-4-12(10(2)16)13(15)7-11/h3-4,7,9-10,14,18H,5-6,8,16H2,1-2H3. The van der Waals surface area contributed by atoms with E-state index >= 15 is 0 Å². The second-order valence-electron chi connectivity index (χ2n) is 5.20. The quantitative estimate of drug-likeness (QED) is 0.902. The molecule has 1 aromatic rings. The maximum Gasteiger partial charge on any atom is 0.0637 e. The molecule has 1 aliphatic heterocycles. The third kappa shape index (κ3) is 2.56. The Morgan fingerprint density at radius 3 is 2.83 bits per heavy atom. The molecule has 3 unspecified atom stereocenters. The summed E-state index contributed by atoms with van der Waals surface area (Å²) in [6.45, 7) is 5.41. The van der Waals surface area contributed by atoms with E-state index in [1.54, 1.807) is 0 Å². The maximum atomic E-state index is 9.51. The minimum absolute atomic E-state index is 0.0274. The molecule has 0 aliphatic carbocycles. The summed E-state index contributed by atoms with van der Waals surface area (Å²) in [6, 6.07) is 6.54. The van der Waals surface area contributed by atoms with Gasteiger partial charge in [0.05, 0.1) is 12.6 Å². The molecule has 0 amide bonds. The number of aliphatic hydroxyl groups excluding tert-OH is 1. The summed E-state index contributed by atoms with van der Waals surface area (Å²) in [4.78, 5) is 2.29. The van der Waals surface area contributed by atoms with Gasteiger partial charge in [-0.3, -0.25) is 0 Å². The third-order valence-electron chi connectivity index (χ3n) is 3.88. The van der Waals surface area contributed by atoms with Crippen LogP contribution in [0.5, 0.6) is 0 Å². The minimum atomic E-state index is 0.0274. The number of rotatable bonds is 3. The summed E-state index contributed by atoms with van der Waals surface area (Å²) in [5, 5.41) is 9.51. The molecular weight excluding hydrogens is 292 g/mol. The highest BCUT2D eigenvalue weighted by Crippen LogP contribution is 2.33. The highest BCUT2D eigenvalue weighted by molar-refractivity contribution is 9.10. The van der Waals surface area contributed by atoms with Gasteiger partial charge < -0.3 is 15.7 Å². The van der Waals surface area contributed by atoms with Crippen LogP contribution in [-0.2, 0) is 0 Å². The van der Waals surface area contributed by atoms with Crippen molar-refractivity contribution in [3.63, 3.8) is 0 Å². The molecule has 18 heavy (non-hydrogen) atoms. The first-order valence-electron chi connectivity index (χ1n) is 6.47. The number of nitrogens with zero attached hydrogens (tertiary/aromatic N) is 1. The zero-order valence-electron chi connectivity index (χ0n) is 10.9. The van der Waals surface area contributed by atoms with Crippen LogP contribution < -0.4 is 10.6 Å². The lowest BCUT2D eigenvalue weighted by molar-refractivity contribution is 0.245. The highest BCUT2D eigenvalue weighted by atomic mass is 79.9. The molecule has 4 heteroatoms. The molecule has 3 N–H and O–H groups in total. The summed E-state index contributed by atoms with van der Waals surface area (Å²) in [5.74, 6) is 0.543. The number of anilines is 1. The molecule has 3 nitrogen and oxygen atoms in total. The Hall–Kier alpha value is -0.580. The van der Waals surface area contributed by atoms with Crippen LogP contribution in [0, 0.1) is 5.92 Å². The molecule has 100 valence electrons. The van der Waals surface area contributed by atoms with Gasteiger partial charge in [-0.05, 0) is 37.0 Å².